The summed E-state index contributed by atoms with van der Waals surface area (Å²) in [4.78, 5) is 15.5. The Labute approximate surface area is 96.8 Å². The van der Waals surface area contributed by atoms with Crippen molar-refractivity contribution in [3.05, 3.63) is 23.9 Å². The fraction of sp³-hybridized carbons (Fsp3) is 0.538. The number of ketones is 1. The molecule has 1 heterocycles. The quantitative estimate of drug-likeness (QED) is 0.717. The van der Waals surface area contributed by atoms with E-state index in [0.29, 0.717) is 17.4 Å². The van der Waals surface area contributed by atoms with Crippen molar-refractivity contribution >= 4 is 5.78 Å². The van der Waals surface area contributed by atoms with E-state index in [4.69, 9.17) is 4.74 Å². The summed E-state index contributed by atoms with van der Waals surface area (Å²) >= 11 is 0. The van der Waals surface area contributed by atoms with Gasteiger partial charge in [0, 0.05) is 6.20 Å². The summed E-state index contributed by atoms with van der Waals surface area (Å²) in [6.07, 6.45) is 2.67. The smallest absolute Gasteiger partial charge is 0.224 e. The molecule has 88 valence electrons. The number of hydrogen-bond acceptors (Lipinski definition) is 3. The predicted octanol–water partition coefficient (Wildman–Crippen LogP) is 3.10. The fourth-order valence-corrected chi connectivity index (χ4v) is 1.66. The highest BCUT2D eigenvalue weighted by Gasteiger charge is 2.13. The summed E-state index contributed by atoms with van der Waals surface area (Å²) in [6, 6.07) is 3.49. The van der Waals surface area contributed by atoms with Crippen LogP contribution in [0, 0.1) is 5.92 Å². The summed E-state index contributed by atoms with van der Waals surface area (Å²) < 4.78 is 5.69. The molecule has 3 heteroatoms. The number of pyridine rings is 1. The van der Waals surface area contributed by atoms with Crippen LogP contribution in [0.25, 0.3) is 0 Å². The predicted molar refractivity (Wildman–Crippen MR) is 63.8 cm³/mol. The molecule has 1 unspecified atom stereocenters. The molecule has 0 aromatic carbocycles. The van der Waals surface area contributed by atoms with Gasteiger partial charge in [0.2, 0.25) is 5.88 Å². The summed E-state index contributed by atoms with van der Waals surface area (Å²) in [5.41, 5.74) is 0.554. The molecule has 0 radical (unpaired) electrons. The van der Waals surface area contributed by atoms with E-state index in [-0.39, 0.29) is 11.9 Å². The van der Waals surface area contributed by atoms with Gasteiger partial charge in [0.05, 0.1) is 11.7 Å². The molecular formula is C13H19NO2. The number of carbonyl (C=O) groups is 1. The molecule has 0 aliphatic carbocycles. The number of ether oxygens (including phenoxy) is 1. The first-order valence-corrected chi connectivity index (χ1v) is 5.63. The lowest BCUT2D eigenvalue weighted by Crippen LogP contribution is -2.16. The van der Waals surface area contributed by atoms with Crippen molar-refractivity contribution in [1.29, 1.82) is 0 Å². The van der Waals surface area contributed by atoms with Crippen molar-refractivity contribution in [3.63, 3.8) is 0 Å². The number of nitrogens with zero attached hydrogens (tertiary/aromatic N) is 1. The Bertz CT molecular complexity index is 361. The lowest BCUT2D eigenvalue weighted by molar-refractivity contribution is 0.100. The lowest BCUT2D eigenvalue weighted by Gasteiger charge is -2.17. The molecule has 0 aliphatic rings. The van der Waals surface area contributed by atoms with E-state index in [0.717, 1.165) is 6.42 Å². The van der Waals surface area contributed by atoms with Gasteiger partial charge < -0.3 is 4.74 Å². The summed E-state index contributed by atoms with van der Waals surface area (Å²) in [6.45, 7) is 7.81. The number of carbonyl (C=O) groups excluding carboxylic acids is 1. The van der Waals surface area contributed by atoms with Gasteiger partial charge in [-0.15, -0.1) is 0 Å². The van der Waals surface area contributed by atoms with Crippen LogP contribution in [0.2, 0.25) is 0 Å². The fourth-order valence-electron chi connectivity index (χ4n) is 1.66. The van der Waals surface area contributed by atoms with Gasteiger partial charge in [-0.1, -0.05) is 13.8 Å². The van der Waals surface area contributed by atoms with Crippen LogP contribution in [0.3, 0.4) is 0 Å². The molecule has 0 saturated carbocycles. The minimum absolute atomic E-state index is 0.0140. The molecule has 16 heavy (non-hydrogen) atoms. The third-order valence-electron chi connectivity index (χ3n) is 2.27. The monoisotopic (exact) mass is 221 g/mol. The van der Waals surface area contributed by atoms with E-state index >= 15 is 0 Å². The van der Waals surface area contributed by atoms with Crippen molar-refractivity contribution in [1.82, 2.24) is 4.98 Å². The molecule has 0 bridgehead atoms. The zero-order valence-corrected chi connectivity index (χ0v) is 10.4. The molecule has 1 aromatic rings. The number of hydrogen-bond donors (Lipinski definition) is 0. The Morgan fingerprint density at radius 3 is 2.69 bits per heavy atom. The molecule has 0 saturated heterocycles. The Kier molecular flexibility index (Phi) is 4.47. The second-order valence-corrected chi connectivity index (χ2v) is 4.47. The van der Waals surface area contributed by atoms with Crippen LogP contribution < -0.4 is 4.74 Å². The van der Waals surface area contributed by atoms with Crippen LogP contribution in [-0.4, -0.2) is 16.9 Å². The number of aromatic nitrogens is 1. The van der Waals surface area contributed by atoms with Gasteiger partial charge >= 0.3 is 0 Å². The average Bonchev–Trinajstić information content (AvgIpc) is 2.16. The Hall–Kier alpha value is -1.38. The highest BCUT2D eigenvalue weighted by atomic mass is 16.5. The van der Waals surface area contributed by atoms with Crippen LogP contribution in [0.4, 0.5) is 0 Å². The van der Waals surface area contributed by atoms with Crippen LogP contribution in [0.1, 0.15) is 44.5 Å². The molecule has 0 spiro atoms. The topological polar surface area (TPSA) is 39.2 Å². The number of Topliss-reactive ketones (excluding diaryl/α,β-unsaturated/α-hetero) is 1. The first-order chi connectivity index (χ1) is 7.50. The number of rotatable bonds is 5. The molecule has 0 aliphatic heterocycles. The summed E-state index contributed by atoms with van der Waals surface area (Å²) in [5, 5.41) is 0. The van der Waals surface area contributed by atoms with Crippen LogP contribution in [0.5, 0.6) is 5.88 Å². The highest BCUT2D eigenvalue weighted by molar-refractivity contribution is 5.96. The maximum absolute atomic E-state index is 11.3. The van der Waals surface area contributed by atoms with Gasteiger partial charge in [-0.2, -0.15) is 0 Å². The molecule has 0 fully saturated rings. The van der Waals surface area contributed by atoms with Crippen molar-refractivity contribution in [2.24, 2.45) is 5.92 Å². The van der Waals surface area contributed by atoms with E-state index < -0.39 is 0 Å². The minimum Gasteiger partial charge on any atom is -0.474 e. The molecule has 0 amide bonds. The average molecular weight is 221 g/mol. The van der Waals surface area contributed by atoms with Crippen molar-refractivity contribution in [2.45, 2.75) is 40.2 Å². The van der Waals surface area contributed by atoms with Crippen LogP contribution in [-0.2, 0) is 0 Å². The Morgan fingerprint density at radius 2 is 2.12 bits per heavy atom. The van der Waals surface area contributed by atoms with Gasteiger partial charge in [-0.3, -0.25) is 4.79 Å². The van der Waals surface area contributed by atoms with Crippen molar-refractivity contribution in [2.75, 3.05) is 0 Å². The van der Waals surface area contributed by atoms with Gasteiger partial charge in [-0.05, 0) is 38.3 Å². The molecule has 1 aromatic heterocycles. The SMILES string of the molecule is CC(=O)c1cccnc1OC(C)CC(C)C. The summed E-state index contributed by atoms with van der Waals surface area (Å²) in [7, 11) is 0. The first-order valence-electron chi connectivity index (χ1n) is 5.63. The van der Waals surface area contributed by atoms with Crippen LogP contribution in [0.15, 0.2) is 18.3 Å². The van der Waals surface area contributed by atoms with Crippen molar-refractivity contribution < 1.29 is 9.53 Å². The molecular weight excluding hydrogens is 202 g/mol. The summed E-state index contributed by atoms with van der Waals surface area (Å²) in [5.74, 6) is 1.00. The van der Waals surface area contributed by atoms with Crippen LogP contribution >= 0.6 is 0 Å². The first kappa shape index (κ1) is 12.7. The largest absolute Gasteiger partial charge is 0.474 e. The normalized spacial score (nSPS) is 12.6. The second-order valence-electron chi connectivity index (χ2n) is 4.47. The van der Waals surface area contributed by atoms with Gasteiger partial charge in [-0.25, -0.2) is 4.98 Å². The lowest BCUT2D eigenvalue weighted by atomic mass is 10.1. The third kappa shape index (κ3) is 3.65. The maximum Gasteiger partial charge on any atom is 0.224 e. The second kappa shape index (κ2) is 5.64. The van der Waals surface area contributed by atoms with Gasteiger partial charge in [0.25, 0.3) is 0 Å². The zero-order valence-electron chi connectivity index (χ0n) is 10.4. The van der Waals surface area contributed by atoms with E-state index in [2.05, 4.69) is 18.8 Å². The van der Waals surface area contributed by atoms with E-state index in [1.807, 2.05) is 6.92 Å². The Balaban J connectivity index is 2.76. The standard InChI is InChI=1S/C13H19NO2/c1-9(2)8-10(3)16-13-12(11(4)15)6-5-7-14-13/h5-7,9-10H,8H2,1-4H3. The molecule has 1 rings (SSSR count). The van der Waals surface area contributed by atoms with Crippen molar-refractivity contribution in [3.8, 4) is 5.88 Å². The Morgan fingerprint density at radius 1 is 1.44 bits per heavy atom. The van der Waals surface area contributed by atoms with Gasteiger partial charge in [0.1, 0.15) is 0 Å². The molecule has 3 nitrogen and oxygen atoms in total. The minimum atomic E-state index is -0.0140. The van der Waals surface area contributed by atoms with E-state index in [1.54, 1.807) is 18.3 Å². The van der Waals surface area contributed by atoms with E-state index in [9.17, 15) is 4.79 Å². The molecule has 0 N–H and O–H groups in total. The van der Waals surface area contributed by atoms with E-state index in [1.165, 1.54) is 6.92 Å². The molecule has 1 atom stereocenters. The highest BCUT2D eigenvalue weighted by Crippen LogP contribution is 2.18. The third-order valence-corrected chi connectivity index (χ3v) is 2.27. The van der Waals surface area contributed by atoms with Gasteiger partial charge in [0.15, 0.2) is 5.78 Å². The zero-order chi connectivity index (χ0) is 12.1. The maximum atomic E-state index is 11.3.